The van der Waals surface area contributed by atoms with Crippen molar-refractivity contribution in [1.29, 1.82) is 0 Å². The van der Waals surface area contributed by atoms with Gasteiger partial charge in [-0.15, -0.1) is 0 Å². The van der Waals surface area contributed by atoms with Gasteiger partial charge in [0, 0.05) is 5.54 Å². The molecule has 1 unspecified atom stereocenters. The van der Waals surface area contributed by atoms with Crippen LogP contribution in [0.4, 0.5) is 0 Å². The second-order valence-electron chi connectivity index (χ2n) is 3.71. The molecule has 0 aliphatic rings. The molecule has 0 aromatic rings. The van der Waals surface area contributed by atoms with E-state index in [1.54, 1.807) is 6.92 Å². The molecule has 66 valence electrons. The predicted molar refractivity (Wildman–Crippen MR) is 47.6 cm³/mol. The Morgan fingerprint density at radius 1 is 1.55 bits per heavy atom. The zero-order valence-electron chi connectivity index (χ0n) is 8.19. The molecule has 0 aliphatic heterocycles. The van der Waals surface area contributed by atoms with Crippen LogP contribution in [0, 0.1) is 0 Å². The topological polar surface area (TPSA) is 29.1 Å². The number of rotatable bonds is 4. The Bertz CT molecular complexity index is 140. The number of carbonyl (C=O) groups excluding carboxylic acids is 1. The summed E-state index contributed by atoms with van der Waals surface area (Å²) < 4.78 is 0. The van der Waals surface area contributed by atoms with Gasteiger partial charge in [-0.05, 0) is 34.1 Å². The summed E-state index contributed by atoms with van der Waals surface area (Å²) in [5, 5.41) is 3.26. The molecule has 0 saturated carbocycles. The van der Waals surface area contributed by atoms with Crippen molar-refractivity contribution in [3.05, 3.63) is 0 Å². The molecule has 0 radical (unpaired) electrons. The van der Waals surface area contributed by atoms with Crippen molar-refractivity contribution in [2.75, 3.05) is 0 Å². The lowest BCUT2D eigenvalue weighted by molar-refractivity contribution is -0.119. The summed E-state index contributed by atoms with van der Waals surface area (Å²) in [5.74, 6) is 0.200. The third kappa shape index (κ3) is 4.14. The van der Waals surface area contributed by atoms with Gasteiger partial charge in [-0.3, -0.25) is 4.79 Å². The van der Waals surface area contributed by atoms with Crippen LogP contribution in [-0.4, -0.2) is 17.4 Å². The Kier molecular flexibility index (Phi) is 3.73. The van der Waals surface area contributed by atoms with Crippen LogP contribution >= 0.6 is 0 Å². The van der Waals surface area contributed by atoms with E-state index in [0.29, 0.717) is 0 Å². The molecular formula is C9H19NO. The highest BCUT2D eigenvalue weighted by molar-refractivity contribution is 5.80. The van der Waals surface area contributed by atoms with Gasteiger partial charge in [0.15, 0.2) is 0 Å². The SMILES string of the molecule is CCC(C)(C)NC(C)C(C)=O. The maximum Gasteiger partial charge on any atom is 0.146 e. The molecule has 11 heavy (non-hydrogen) atoms. The number of ketones is 1. The fraction of sp³-hybridized carbons (Fsp3) is 0.889. The van der Waals surface area contributed by atoms with Gasteiger partial charge in [0.05, 0.1) is 6.04 Å². The molecule has 0 spiro atoms. The highest BCUT2D eigenvalue weighted by Gasteiger charge is 2.19. The van der Waals surface area contributed by atoms with E-state index in [-0.39, 0.29) is 17.4 Å². The molecule has 0 heterocycles. The molecule has 0 fully saturated rings. The van der Waals surface area contributed by atoms with E-state index in [0.717, 1.165) is 6.42 Å². The number of nitrogens with one attached hydrogen (secondary N) is 1. The van der Waals surface area contributed by atoms with Gasteiger partial charge >= 0.3 is 0 Å². The van der Waals surface area contributed by atoms with Gasteiger partial charge in [0.2, 0.25) is 0 Å². The standard InChI is InChI=1S/C9H19NO/c1-6-9(4,5)10-7(2)8(3)11/h7,10H,6H2,1-5H3. The number of carbonyl (C=O) groups is 1. The summed E-state index contributed by atoms with van der Waals surface area (Å²) >= 11 is 0. The van der Waals surface area contributed by atoms with Crippen LogP contribution in [0.3, 0.4) is 0 Å². The average Bonchev–Trinajstić information content (AvgIpc) is 1.87. The molecule has 2 heteroatoms. The van der Waals surface area contributed by atoms with Crippen LogP contribution in [0.1, 0.15) is 41.0 Å². The maximum atomic E-state index is 10.9. The summed E-state index contributed by atoms with van der Waals surface area (Å²) in [6.07, 6.45) is 1.03. The van der Waals surface area contributed by atoms with E-state index < -0.39 is 0 Å². The van der Waals surface area contributed by atoms with E-state index in [2.05, 4.69) is 26.1 Å². The maximum absolute atomic E-state index is 10.9. The second-order valence-corrected chi connectivity index (χ2v) is 3.71. The predicted octanol–water partition coefficient (Wildman–Crippen LogP) is 1.74. The quantitative estimate of drug-likeness (QED) is 0.673. The normalized spacial score (nSPS) is 14.6. The zero-order valence-corrected chi connectivity index (χ0v) is 8.19. The van der Waals surface area contributed by atoms with Gasteiger partial charge in [0.25, 0.3) is 0 Å². The summed E-state index contributed by atoms with van der Waals surface area (Å²) in [6, 6.07) is -0.0232. The minimum atomic E-state index is -0.0232. The van der Waals surface area contributed by atoms with Crippen molar-refractivity contribution in [3.63, 3.8) is 0 Å². The molecule has 2 nitrogen and oxygen atoms in total. The molecule has 0 aromatic heterocycles. The lowest BCUT2D eigenvalue weighted by atomic mass is 10.00. The molecule has 0 aliphatic carbocycles. The second kappa shape index (κ2) is 3.86. The summed E-state index contributed by atoms with van der Waals surface area (Å²) in [7, 11) is 0. The Morgan fingerprint density at radius 3 is 2.27 bits per heavy atom. The monoisotopic (exact) mass is 157 g/mol. The Balaban J connectivity index is 3.93. The van der Waals surface area contributed by atoms with Crippen molar-refractivity contribution in [3.8, 4) is 0 Å². The van der Waals surface area contributed by atoms with Crippen molar-refractivity contribution in [2.45, 2.75) is 52.6 Å². The van der Waals surface area contributed by atoms with E-state index >= 15 is 0 Å². The van der Waals surface area contributed by atoms with E-state index in [1.165, 1.54) is 0 Å². The number of Topliss-reactive ketones (excluding diaryl/α,β-unsaturated/α-hetero) is 1. The molecule has 0 amide bonds. The third-order valence-corrected chi connectivity index (χ3v) is 2.10. The lowest BCUT2D eigenvalue weighted by Gasteiger charge is -2.27. The summed E-state index contributed by atoms with van der Waals surface area (Å²) in [4.78, 5) is 10.9. The molecule has 0 rings (SSSR count). The van der Waals surface area contributed by atoms with E-state index in [9.17, 15) is 4.79 Å². The summed E-state index contributed by atoms with van der Waals surface area (Å²) in [5.41, 5.74) is 0.0745. The van der Waals surface area contributed by atoms with E-state index in [1.807, 2.05) is 6.92 Å². The highest BCUT2D eigenvalue weighted by Crippen LogP contribution is 2.08. The minimum Gasteiger partial charge on any atom is -0.303 e. The Morgan fingerprint density at radius 2 is 2.00 bits per heavy atom. The Labute approximate surface area is 69.4 Å². The van der Waals surface area contributed by atoms with Gasteiger partial charge in [-0.1, -0.05) is 6.92 Å². The van der Waals surface area contributed by atoms with Gasteiger partial charge in [-0.2, -0.15) is 0 Å². The lowest BCUT2D eigenvalue weighted by Crippen LogP contribution is -2.46. The van der Waals surface area contributed by atoms with E-state index in [4.69, 9.17) is 0 Å². The first-order valence-corrected chi connectivity index (χ1v) is 4.17. The first-order valence-electron chi connectivity index (χ1n) is 4.17. The fourth-order valence-corrected chi connectivity index (χ4v) is 0.790. The molecule has 1 atom stereocenters. The van der Waals surface area contributed by atoms with Crippen molar-refractivity contribution < 1.29 is 4.79 Å². The highest BCUT2D eigenvalue weighted by atomic mass is 16.1. The van der Waals surface area contributed by atoms with Gasteiger partial charge in [-0.25, -0.2) is 0 Å². The van der Waals surface area contributed by atoms with Crippen molar-refractivity contribution >= 4 is 5.78 Å². The van der Waals surface area contributed by atoms with Crippen molar-refractivity contribution in [1.82, 2.24) is 5.32 Å². The molecule has 1 N–H and O–H groups in total. The molecule has 0 saturated heterocycles. The average molecular weight is 157 g/mol. The van der Waals surface area contributed by atoms with Crippen LogP contribution in [0.2, 0.25) is 0 Å². The van der Waals surface area contributed by atoms with Gasteiger partial charge < -0.3 is 5.32 Å². The number of hydrogen-bond donors (Lipinski definition) is 1. The smallest absolute Gasteiger partial charge is 0.146 e. The molecule has 0 bridgehead atoms. The van der Waals surface area contributed by atoms with Gasteiger partial charge in [0.1, 0.15) is 5.78 Å². The largest absolute Gasteiger partial charge is 0.303 e. The first-order chi connectivity index (χ1) is 4.89. The van der Waals surface area contributed by atoms with Crippen LogP contribution < -0.4 is 5.32 Å². The van der Waals surface area contributed by atoms with Crippen LogP contribution in [0.5, 0.6) is 0 Å². The van der Waals surface area contributed by atoms with Crippen LogP contribution in [-0.2, 0) is 4.79 Å². The molecular weight excluding hydrogens is 138 g/mol. The van der Waals surface area contributed by atoms with Crippen LogP contribution in [0.25, 0.3) is 0 Å². The first kappa shape index (κ1) is 10.6. The number of hydrogen-bond acceptors (Lipinski definition) is 2. The van der Waals surface area contributed by atoms with Crippen molar-refractivity contribution in [2.24, 2.45) is 0 Å². The zero-order chi connectivity index (χ0) is 9.07. The fourth-order valence-electron chi connectivity index (χ4n) is 0.790. The Hall–Kier alpha value is -0.370. The third-order valence-electron chi connectivity index (χ3n) is 2.10. The minimum absolute atomic E-state index is 0.0232. The molecule has 0 aromatic carbocycles. The summed E-state index contributed by atoms with van der Waals surface area (Å²) in [6.45, 7) is 9.84. The van der Waals surface area contributed by atoms with Crippen LogP contribution in [0.15, 0.2) is 0 Å².